The van der Waals surface area contributed by atoms with Gasteiger partial charge in [0.1, 0.15) is 5.69 Å². The van der Waals surface area contributed by atoms with Crippen LogP contribution in [0.2, 0.25) is 0 Å². The fraction of sp³-hybridized carbons (Fsp3) is 0.370. The summed E-state index contributed by atoms with van der Waals surface area (Å²) in [6, 6.07) is 17.1. The topological polar surface area (TPSA) is 97.5 Å². The molecule has 8 heteroatoms. The molecule has 35 heavy (non-hydrogen) atoms. The first kappa shape index (κ1) is 23.1. The van der Waals surface area contributed by atoms with Crippen molar-refractivity contribution in [3.8, 4) is 0 Å². The Morgan fingerprint density at radius 2 is 1.63 bits per heavy atom. The predicted molar refractivity (Wildman–Crippen MR) is 135 cm³/mol. The fourth-order valence-electron chi connectivity index (χ4n) is 4.98. The second kappa shape index (κ2) is 10.3. The first-order valence-corrected chi connectivity index (χ1v) is 12.4. The molecule has 0 atom stereocenters. The molecule has 0 bridgehead atoms. The predicted octanol–water partition coefficient (Wildman–Crippen LogP) is 3.24. The van der Waals surface area contributed by atoms with Crippen LogP contribution in [0.4, 0.5) is 5.69 Å². The third-order valence-electron chi connectivity index (χ3n) is 6.92. The fourth-order valence-corrected chi connectivity index (χ4v) is 4.98. The van der Waals surface area contributed by atoms with E-state index in [1.165, 1.54) is 0 Å². The van der Waals surface area contributed by atoms with Gasteiger partial charge in [0.05, 0.1) is 17.8 Å². The Bertz CT molecular complexity index is 1190. The molecule has 2 aromatic carbocycles. The zero-order valence-electron chi connectivity index (χ0n) is 19.8. The molecule has 182 valence electrons. The molecule has 8 nitrogen and oxygen atoms in total. The van der Waals surface area contributed by atoms with Crippen LogP contribution in [-0.4, -0.2) is 71.3 Å². The molecule has 1 aromatic heterocycles. The van der Waals surface area contributed by atoms with Crippen molar-refractivity contribution in [3.05, 3.63) is 65.9 Å². The molecule has 3 aromatic rings. The van der Waals surface area contributed by atoms with Crippen molar-refractivity contribution in [2.24, 2.45) is 0 Å². The highest BCUT2D eigenvalue weighted by atomic mass is 16.2. The third kappa shape index (κ3) is 5.38. The van der Waals surface area contributed by atoms with E-state index >= 15 is 0 Å². The summed E-state index contributed by atoms with van der Waals surface area (Å²) in [5.41, 5.74) is 2.55. The molecule has 1 aliphatic heterocycles. The number of benzene rings is 2. The number of carbonyl (C=O) groups excluding carboxylic acids is 3. The van der Waals surface area contributed by atoms with Crippen molar-refractivity contribution in [1.82, 2.24) is 20.1 Å². The molecule has 1 saturated carbocycles. The number of hydrogen-bond donors (Lipinski definition) is 3. The number of amides is 3. The maximum Gasteiger partial charge on any atom is 0.270 e. The van der Waals surface area contributed by atoms with Crippen molar-refractivity contribution in [2.75, 3.05) is 38.0 Å². The number of nitrogens with zero attached hydrogens (tertiary/aromatic N) is 2. The molecule has 1 aliphatic carbocycles. The van der Waals surface area contributed by atoms with Crippen molar-refractivity contribution >= 4 is 34.3 Å². The lowest BCUT2D eigenvalue weighted by atomic mass is 10.1. The SMILES string of the molecule is O=C(CN1CCN(C(=O)c2cc3ccccc3[nH]2)CC1)Nc1ccccc1C(=O)NC1CCCC1. The molecule has 2 fully saturated rings. The average Bonchev–Trinajstić information content (AvgIpc) is 3.54. The molecule has 3 amide bonds. The summed E-state index contributed by atoms with van der Waals surface area (Å²) in [6.07, 6.45) is 4.30. The second-order valence-corrected chi connectivity index (χ2v) is 9.39. The summed E-state index contributed by atoms with van der Waals surface area (Å²) in [6.45, 7) is 2.56. The number of piperazine rings is 1. The Labute approximate surface area is 204 Å². The molecule has 3 N–H and O–H groups in total. The lowest BCUT2D eigenvalue weighted by molar-refractivity contribution is -0.117. The van der Waals surface area contributed by atoms with Crippen LogP contribution in [0.5, 0.6) is 0 Å². The summed E-state index contributed by atoms with van der Waals surface area (Å²) >= 11 is 0. The van der Waals surface area contributed by atoms with Crippen LogP contribution >= 0.6 is 0 Å². The van der Waals surface area contributed by atoms with E-state index in [0.29, 0.717) is 43.1 Å². The number of hydrogen-bond acceptors (Lipinski definition) is 4. The van der Waals surface area contributed by atoms with Gasteiger partial charge in [-0.3, -0.25) is 19.3 Å². The number of anilines is 1. The summed E-state index contributed by atoms with van der Waals surface area (Å²) in [5.74, 6) is -0.328. The van der Waals surface area contributed by atoms with Gasteiger partial charge in [-0.1, -0.05) is 43.2 Å². The Morgan fingerprint density at radius 1 is 0.914 bits per heavy atom. The van der Waals surface area contributed by atoms with E-state index in [1.54, 1.807) is 12.1 Å². The van der Waals surface area contributed by atoms with Crippen LogP contribution in [0.15, 0.2) is 54.6 Å². The van der Waals surface area contributed by atoms with Gasteiger partial charge in [0.25, 0.3) is 11.8 Å². The van der Waals surface area contributed by atoms with Crippen LogP contribution in [0, 0.1) is 0 Å². The Balaban J connectivity index is 1.13. The minimum Gasteiger partial charge on any atom is -0.351 e. The zero-order chi connectivity index (χ0) is 24.2. The van der Waals surface area contributed by atoms with Crippen LogP contribution in [-0.2, 0) is 4.79 Å². The summed E-state index contributed by atoms with van der Waals surface area (Å²) < 4.78 is 0. The van der Waals surface area contributed by atoms with Crippen LogP contribution in [0.25, 0.3) is 10.9 Å². The van der Waals surface area contributed by atoms with Crippen LogP contribution in [0.3, 0.4) is 0 Å². The smallest absolute Gasteiger partial charge is 0.270 e. The zero-order valence-corrected chi connectivity index (χ0v) is 19.8. The second-order valence-electron chi connectivity index (χ2n) is 9.39. The van der Waals surface area contributed by atoms with Gasteiger partial charge in [-0.15, -0.1) is 0 Å². The molecule has 1 saturated heterocycles. The van der Waals surface area contributed by atoms with E-state index in [9.17, 15) is 14.4 Å². The maximum absolute atomic E-state index is 12.9. The van der Waals surface area contributed by atoms with Crippen LogP contribution < -0.4 is 10.6 Å². The third-order valence-corrected chi connectivity index (χ3v) is 6.92. The van der Waals surface area contributed by atoms with E-state index in [0.717, 1.165) is 36.6 Å². The normalized spacial score (nSPS) is 17.0. The van der Waals surface area contributed by atoms with Gasteiger partial charge < -0.3 is 20.5 Å². The van der Waals surface area contributed by atoms with Gasteiger partial charge in [0.15, 0.2) is 0 Å². The van der Waals surface area contributed by atoms with Gasteiger partial charge in [-0.25, -0.2) is 0 Å². The van der Waals surface area contributed by atoms with E-state index in [4.69, 9.17) is 0 Å². The molecule has 0 spiro atoms. The summed E-state index contributed by atoms with van der Waals surface area (Å²) in [5, 5.41) is 7.02. The molecule has 2 heterocycles. The Morgan fingerprint density at radius 3 is 2.40 bits per heavy atom. The van der Waals surface area contributed by atoms with Gasteiger partial charge in [-0.05, 0) is 37.1 Å². The van der Waals surface area contributed by atoms with Gasteiger partial charge in [0, 0.05) is 43.1 Å². The van der Waals surface area contributed by atoms with Crippen molar-refractivity contribution in [2.45, 2.75) is 31.7 Å². The standard InChI is InChI=1S/C27H31N5O3/c33-25(30-23-12-6-4-10-21(23)26(34)28-20-8-2-3-9-20)18-31-13-15-32(16-14-31)27(35)24-17-19-7-1-5-11-22(19)29-24/h1,4-7,10-12,17,20,29H,2-3,8-9,13-16,18H2,(H,28,34)(H,30,33). The van der Waals surface area contributed by atoms with E-state index in [-0.39, 0.29) is 30.3 Å². The van der Waals surface area contributed by atoms with Crippen molar-refractivity contribution in [3.63, 3.8) is 0 Å². The lowest BCUT2D eigenvalue weighted by Gasteiger charge is -2.34. The van der Waals surface area contributed by atoms with Crippen molar-refractivity contribution < 1.29 is 14.4 Å². The van der Waals surface area contributed by atoms with E-state index in [2.05, 4.69) is 15.6 Å². The van der Waals surface area contributed by atoms with E-state index < -0.39 is 0 Å². The molecular weight excluding hydrogens is 442 g/mol. The maximum atomic E-state index is 12.9. The number of H-pyrrole nitrogens is 1. The molecule has 0 radical (unpaired) electrons. The average molecular weight is 474 g/mol. The number of nitrogens with one attached hydrogen (secondary N) is 3. The highest BCUT2D eigenvalue weighted by Gasteiger charge is 2.25. The van der Waals surface area contributed by atoms with Crippen LogP contribution in [0.1, 0.15) is 46.5 Å². The minimum atomic E-state index is -0.165. The molecular formula is C27H31N5O3. The minimum absolute atomic E-state index is 0.0208. The number of aromatic amines is 1. The number of aromatic nitrogens is 1. The number of fused-ring (bicyclic) bond motifs is 1. The highest BCUT2D eigenvalue weighted by Crippen LogP contribution is 2.21. The largest absolute Gasteiger partial charge is 0.351 e. The lowest BCUT2D eigenvalue weighted by Crippen LogP contribution is -2.50. The first-order valence-electron chi connectivity index (χ1n) is 12.4. The van der Waals surface area contributed by atoms with Gasteiger partial charge in [0.2, 0.25) is 5.91 Å². The van der Waals surface area contributed by atoms with Gasteiger partial charge >= 0.3 is 0 Å². The highest BCUT2D eigenvalue weighted by molar-refractivity contribution is 6.04. The molecule has 0 unspecified atom stereocenters. The number of rotatable bonds is 6. The number of carbonyl (C=O) groups is 3. The Hall–Kier alpha value is -3.65. The van der Waals surface area contributed by atoms with E-state index in [1.807, 2.05) is 52.3 Å². The summed E-state index contributed by atoms with van der Waals surface area (Å²) in [4.78, 5) is 45.5. The Kier molecular flexibility index (Phi) is 6.81. The monoisotopic (exact) mass is 473 g/mol. The molecule has 5 rings (SSSR count). The van der Waals surface area contributed by atoms with Crippen molar-refractivity contribution in [1.29, 1.82) is 0 Å². The summed E-state index contributed by atoms with van der Waals surface area (Å²) in [7, 11) is 0. The first-order chi connectivity index (χ1) is 17.1. The molecule has 2 aliphatic rings. The number of para-hydroxylation sites is 2. The van der Waals surface area contributed by atoms with Gasteiger partial charge in [-0.2, -0.15) is 0 Å². The quantitative estimate of drug-likeness (QED) is 0.512.